The summed E-state index contributed by atoms with van der Waals surface area (Å²) in [5.74, 6) is 0.00924. The van der Waals surface area contributed by atoms with Gasteiger partial charge in [-0.05, 0) is 67.3 Å². The van der Waals surface area contributed by atoms with Crippen molar-refractivity contribution < 1.29 is 14.5 Å². The van der Waals surface area contributed by atoms with E-state index in [2.05, 4.69) is 46.8 Å². The molecule has 2 amide bonds. The number of nitro groups is 1. The summed E-state index contributed by atoms with van der Waals surface area (Å²) in [7, 11) is 3.53. The highest BCUT2D eigenvalue weighted by molar-refractivity contribution is 9.10. The van der Waals surface area contributed by atoms with Crippen LogP contribution in [0, 0.1) is 10.1 Å². The van der Waals surface area contributed by atoms with Crippen LogP contribution in [0.15, 0.2) is 63.8 Å². The summed E-state index contributed by atoms with van der Waals surface area (Å²) in [5.41, 5.74) is 7.00. The van der Waals surface area contributed by atoms with Crippen LogP contribution in [0.2, 0.25) is 0 Å². The second kappa shape index (κ2) is 9.79. The first kappa shape index (κ1) is 26.1. The molecular formula is C28H20Br2N6O4. The van der Waals surface area contributed by atoms with Crippen molar-refractivity contribution in [2.24, 2.45) is 0 Å². The lowest BCUT2D eigenvalue weighted by Gasteiger charge is -2.08. The second-order valence-electron chi connectivity index (χ2n) is 9.62. The zero-order valence-corrected chi connectivity index (χ0v) is 24.4. The topological polar surface area (TPSA) is 125 Å². The Morgan fingerprint density at radius 2 is 1.48 bits per heavy atom. The van der Waals surface area contributed by atoms with E-state index in [0.29, 0.717) is 28.7 Å². The number of carbonyl (C=O) groups is 2. The van der Waals surface area contributed by atoms with Crippen LogP contribution in [0.3, 0.4) is 0 Å². The molecule has 5 aromatic rings. The highest BCUT2D eigenvalue weighted by Gasteiger charge is 2.30. The summed E-state index contributed by atoms with van der Waals surface area (Å²) in [6.45, 7) is 1.08. The van der Waals surface area contributed by atoms with E-state index in [-0.39, 0.29) is 23.2 Å². The number of aromatic amines is 1. The van der Waals surface area contributed by atoms with Gasteiger partial charge in [0.15, 0.2) is 0 Å². The van der Waals surface area contributed by atoms with Crippen molar-refractivity contribution in [1.29, 1.82) is 0 Å². The van der Waals surface area contributed by atoms with Gasteiger partial charge in [-0.1, -0.05) is 12.1 Å². The number of halogens is 2. The Morgan fingerprint density at radius 3 is 2.20 bits per heavy atom. The third-order valence-corrected chi connectivity index (χ3v) is 7.95. The summed E-state index contributed by atoms with van der Waals surface area (Å²) in [4.78, 5) is 50.2. The van der Waals surface area contributed by atoms with Crippen molar-refractivity contribution >= 4 is 71.3 Å². The molecule has 7 rings (SSSR count). The second-order valence-corrected chi connectivity index (χ2v) is 11.5. The number of rotatable bonds is 2. The van der Waals surface area contributed by atoms with Gasteiger partial charge in [-0.15, -0.1) is 0 Å². The van der Waals surface area contributed by atoms with Crippen LogP contribution in [0.25, 0.3) is 33.2 Å². The largest absolute Gasteiger partial charge is 0.353 e. The Morgan fingerprint density at radius 1 is 0.850 bits per heavy atom. The number of benzene rings is 2. The minimum Gasteiger partial charge on any atom is -0.353 e. The molecule has 40 heavy (non-hydrogen) atoms. The Bertz CT molecular complexity index is 1900. The van der Waals surface area contributed by atoms with E-state index in [1.807, 2.05) is 25.2 Å². The number of carbonyl (C=O) groups excluding carboxylic acids is 2. The first-order chi connectivity index (χ1) is 19.1. The summed E-state index contributed by atoms with van der Waals surface area (Å²) < 4.78 is 1.48. The maximum Gasteiger partial charge on any atom is 0.296 e. The molecule has 2 aromatic carbocycles. The predicted molar refractivity (Wildman–Crippen MR) is 157 cm³/mol. The van der Waals surface area contributed by atoms with Gasteiger partial charge in [0.2, 0.25) is 0 Å². The highest BCUT2D eigenvalue weighted by Crippen LogP contribution is 2.37. The molecule has 0 atom stereocenters. The molecule has 0 unspecified atom stereocenters. The molecule has 0 radical (unpaired) electrons. The lowest BCUT2D eigenvalue weighted by atomic mass is 9.99. The summed E-state index contributed by atoms with van der Waals surface area (Å²) in [6.07, 6.45) is 3.30. The molecule has 5 heterocycles. The first-order valence-electron chi connectivity index (χ1n) is 12.2. The molecule has 0 spiro atoms. The van der Waals surface area contributed by atoms with Crippen molar-refractivity contribution in [1.82, 2.24) is 24.8 Å². The first-order valence-corrected chi connectivity index (χ1v) is 13.7. The summed E-state index contributed by atoms with van der Waals surface area (Å²) >= 11 is 6.62. The van der Waals surface area contributed by atoms with Crippen molar-refractivity contribution in [2.75, 3.05) is 14.1 Å². The van der Waals surface area contributed by atoms with Crippen molar-refractivity contribution in [3.8, 4) is 11.3 Å². The van der Waals surface area contributed by atoms with Gasteiger partial charge >= 0.3 is 0 Å². The SMILES string of the molecule is CN1Cc2c(ccc3[nH]c4cc(Br)cnc4c23)C1=O.CN1Cc2c(cccc2-c2ncc(Br)cc2[N+](=O)[O-])C1=O. The van der Waals surface area contributed by atoms with Crippen molar-refractivity contribution in [3.63, 3.8) is 0 Å². The molecule has 0 bridgehead atoms. The van der Waals surface area contributed by atoms with E-state index in [1.54, 1.807) is 41.2 Å². The van der Waals surface area contributed by atoms with E-state index in [0.717, 1.165) is 43.1 Å². The van der Waals surface area contributed by atoms with Crippen LogP contribution in [0.5, 0.6) is 0 Å². The Kier molecular flexibility index (Phi) is 6.38. The van der Waals surface area contributed by atoms with Crippen LogP contribution in [-0.4, -0.2) is 55.6 Å². The van der Waals surface area contributed by atoms with Gasteiger partial charge in [0.1, 0.15) is 5.69 Å². The zero-order chi connectivity index (χ0) is 28.3. The number of hydrogen-bond donors (Lipinski definition) is 1. The number of pyridine rings is 2. The maximum atomic E-state index is 12.0. The van der Waals surface area contributed by atoms with Gasteiger partial charge in [-0.2, -0.15) is 0 Å². The molecule has 3 aromatic heterocycles. The minimum atomic E-state index is -0.465. The van der Waals surface area contributed by atoms with Crippen LogP contribution >= 0.6 is 31.9 Å². The Hall–Kier alpha value is -4.16. The van der Waals surface area contributed by atoms with E-state index in [9.17, 15) is 19.7 Å². The minimum absolute atomic E-state index is 0.0772. The third-order valence-electron chi connectivity index (χ3n) is 7.08. The normalized spacial score (nSPS) is 14.0. The lowest BCUT2D eigenvalue weighted by Crippen LogP contribution is -2.17. The fraction of sp³-hybridized carbons (Fsp3) is 0.143. The number of fused-ring (bicyclic) bond motifs is 6. The van der Waals surface area contributed by atoms with Crippen molar-refractivity contribution in [2.45, 2.75) is 13.1 Å². The molecule has 0 saturated heterocycles. The number of nitrogens with zero attached hydrogens (tertiary/aromatic N) is 5. The van der Waals surface area contributed by atoms with Gasteiger partial charge in [-0.25, -0.2) is 4.98 Å². The standard InChI is InChI=1S/C14H10BrN3O3.C14H10BrN3O/c1-17-7-11-9(3-2-4-10(11)14(17)19)13-12(18(20)21)5-8(15)6-16-13;1-18-6-9-8(14(18)19)2-3-10-12(9)13-11(17-10)4-7(15)5-16-13/h2-6H,7H2,1H3;2-5,17H,6H2,1H3. The lowest BCUT2D eigenvalue weighted by molar-refractivity contribution is -0.384. The van der Waals surface area contributed by atoms with E-state index >= 15 is 0 Å². The van der Waals surface area contributed by atoms with E-state index in [1.165, 1.54) is 12.3 Å². The van der Waals surface area contributed by atoms with Crippen LogP contribution in [-0.2, 0) is 13.1 Å². The highest BCUT2D eigenvalue weighted by atomic mass is 79.9. The van der Waals surface area contributed by atoms with Gasteiger partial charge in [-0.3, -0.25) is 24.7 Å². The molecular weight excluding hydrogens is 644 g/mol. The molecule has 0 aliphatic carbocycles. The fourth-order valence-electron chi connectivity index (χ4n) is 5.25. The van der Waals surface area contributed by atoms with Crippen LogP contribution in [0.4, 0.5) is 5.69 Å². The molecule has 12 heteroatoms. The summed E-state index contributed by atoms with van der Waals surface area (Å²) in [5, 5.41) is 12.3. The quantitative estimate of drug-likeness (QED) is 0.181. The smallest absolute Gasteiger partial charge is 0.296 e. The molecule has 2 aliphatic heterocycles. The van der Waals surface area contributed by atoms with Crippen molar-refractivity contribution in [3.05, 3.63) is 96.2 Å². The average Bonchev–Trinajstić information content (AvgIpc) is 3.54. The number of H-pyrrole nitrogens is 1. The molecule has 2 aliphatic rings. The average molecular weight is 664 g/mol. The predicted octanol–water partition coefficient (Wildman–Crippen LogP) is 6.07. The van der Waals surface area contributed by atoms with Gasteiger partial charge in [0, 0.05) is 82.2 Å². The van der Waals surface area contributed by atoms with Crippen LogP contribution < -0.4 is 0 Å². The number of hydrogen-bond acceptors (Lipinski definition) is 6. The van der Waals surface area contributed by atoms with Crippen LogP contribution in [0.1, 0.15) is 31.8 Å². The van der Waals surface area contributed by atoms with Gasteiger partial charge in [0.05, 0.1) is 16.0 Å². The Balaban J connectivity index is 0.000000145. The monoisotopic (exact) mass is 662 g/mol. The van der Waals surface area contributed by atoms with Gasteiger partial charge < -0.3 is 14.8 Å². The number of nitrogens with one attached hydrogen (secondary N) is 1. The third kappa shape index (κ3) is 4.23. The fourth-order valence-corrected chi connectivity index (χ4v) is 5.90. The van der Waals surface area contributed by atoms with Gasteiger partial charge in [0.25, 0.3) is 17.5 Å². The zero-order valence-electron chi connectivity index (χ0n) is 21.2. The molecule has 10 nitrogen and oxygen atoms in total. The van der Waals surface area contributed by atoms with E-state index < -0.39 is 4.92 Å². The molecule has 1 N–H and O–H groups in total. The maximum absolute atomic E-state index is 12.0. The Labute approximate surface area is 244 Å². The molecule has 0 saturated carbocycles. The number of aromatic nitrogens is 3. The van der Waals surface area contributed by atoms with E-state index in [4.69, 9.17) is 0 Å². The molecule has 0 fully saturated rings. The molecule has 200 valence electrons. The summed E-state index contributed by atoms with van der Waals surface area (Å²) in [6, 6.07) is 12.5. The number of amides is 2.